The van der Waals surface area contributed by atoms with E-state index >= 15 is 0 Å². The van der Waals surface area contributed by atoms with Crippen molar-refractivity contribution in [2.75, 3.05) is 6.54 Å². The van der Waals surface area contributed by atoms with E-state index in [1.165, 1.54) is 4.90 Å². The van der Waals surface area contributed by atoms with Gasteiger partial charge in [-0.15, -0.1) is 0 Å². The molecule has 4 heteroatoms. The quantitative estimate of drug-likeness (QED) is 0.900. The molecular formula is C20H23NO3. The first-order chi connectivity index (χ1) is 11.6. The highest BCUT2D eigenvalue weighted by atomic mass is 16.4. The first-order valence-corrected chi connectivity index (χ1v) is 8.41. The van der Waals surface area contributed by atoms with Crippen molar-refractivity contribution in [3.05, 3.63) is 71.8 Å². The summed E-state index contributed by atoms with van der Waals surface area (Å²) >= 11 is 0. The number of carbonyl (C=O) groups is 1. The maximum atomic E-state index is 11.6. The number of hydrogen-bond donors (Lipinski definition) is 2. The van der Waals surface area contributed by atoms with Gasteiger partial charge in [0.2, 0.25) is 0 Å². The number of rotatable bonds is 4. The van der Waals surface area contributed by atoms with E-state index in [9.17, 15) is 15.0 Å². The van der Waals surface area contributed by atoms with E-state index in [-0.39, 0.29) is 12.0 Å². The Morgan fingerprint density at radius 2 is 1.71 bits per heavy atom. The van der Waals surface area contributed by atoms with E-state index in [2.05, 4.69) is 0 Å². The number of aliphatic hydroxyl groups is 1. The second-order valence-corrected chi connectivity index (χ2v) is 6.46. The molecule has 0 bridgehead atoms. The maximum Gasteiger partial charge on any atom is 0.407 e. The van der Waals surface area contributed by atoms with Crippen LogP contribution in [-0.4, -0.2) is 33.8 Å². The second-order valence-electron chi connectivity index (χ2n) is 6.46. The molecule has 2 N–H and O–H groups in total. The summed E-state index contributed by atoms with van der Waals surface area (Å²) in [5.41, 5.74) is 2.04. The molecule has 1 saturated heterocycles. The van der Waals surface area contributed by atoms with Gasteiger partial charge in [-0.25, -0.2) is 4.79 Å². The Bertz CT molecular complexity index is 659. The van der Waals surface area contributed by atoms with Gasteiger partial charge in [0.25, 0.3) is 0 Å². The van der Waals surface area contributed by atoms with Crippen molar-refractivity contribution in [1.82, 2.24) is 4.90 Å². The van der Waals surface area contributed by atoms with Crippen molar-refractivity contribution < 1.29 is 15.0 Å². The number of hydrogen-bond acceptors (Lipinski definition) is 2. The Morgan fingerprint density at radius 3 is 2.33 bits per heavy atom. The van der Waals surface area contributed by atoms with E-state index in [0.717, 1.165) is 11.1 Å². The van der Waals surface area contributed by atoms with Crippen molar-refractivity contribution in [3.8, 4) is 0 Å². The molecule has 1 aliphatic rings. The van der Waals surface area contributed by atoms with Crippen LogP contribution in [0.25, 0.3) is 0 Å². The molecule has 3 atom stereocenters. The molecule has 0 aliphatic carbocycles. The first-order valence-electron chi connectivity index (χ1n) is 8.41. The molecule has 126 valence electrons. The molecule has 3 unspecified atom stereocenters. The van der Waals surface area contributed by atoms with Crippen molar-refractivity contribution in [2.45, 2.75) is 31.4 Å². The smallest absolute Gasteiger partial charge is 0.407 e. The lowest BCUT2D eigenvalue weighted by Gasteiger charge is -2.39. The SMILES string of the molecule is O=C(O)N1CCC(C(O)c2ccccc2)CC1Cc1ccccc1. The zero-order chi connectivity index (χ0) is 16.9. The molecule has 1 aliphatic heterocycles. The van der Waals surface area contributed by atoms with Crippen LogP contribution in [0.2, 0.25) is 0 Å². The average Bonchev–Trinajstić information content (AvgIpc) is 2.62. The molecule has 4 nitrogen and oxygen atoms in total. The first kappa shape index (κ1) is 16.5. The third kappa shape index (κ3) is 3.77. The monoisotopic (exact) mass is 325 g/mol. The average molecular weight is 325 g/mol. The number of likely N-dealkylation sites (tertiary alicyclic amines) is 1. The molecule has 2 aromatic rings. The Hall–Kier alpha value is -2.33. The number of benzene rings is 2. The van der Waals surface area contributed by atoms with Crippen LogP contribution >= 0.6 is 0 Å². The summed E-state index contributed by atoms with van der Waals surface area (Å²) in [4.78, 5) is 13.1. The number of nitrogens with zero attached hydrogens (tertiary/aromatic N) is 1. The number of aliphatic hydroxyl groups excluding tert-OH is 1. The van der Waals surface area contributed by atoms with Crippen LogP contribution < -0.4 is 0 Å². The van der Waals surface area contributed by atoms with E-state index in [1.54, 1.807) is 0 Å². The predicted molar refractivity (Wildman–Crippen MR) is 92.8 cm³/mol. The van der Waals surface area contributed by atoms with E-state index in [1.807, 2.05) is 60.7 Å². The van der Waals surface area contributed by atoms with Gasteiger partial charge >= 0.3 is 6.09 Å². The van der Waals surface area contributed by atoms with E-state index in [0.29, 0.717) is 25.8 Å². The van der Waals surface area contributed by atoms with Crippen molar-refractivity contribution >= 4 is 6.09 Å². The van der Waals surface area contributed by atoms with Crippen LogP contribution in [0.4, 0.5) is 4.79 Å². The molecule has 2 aromatic carbocycles. The van der Waals surface area contributed by atoms with Crippen LogP contribution in [0.15, 0.2) is 60.7 Å². The molecule has 0 spiro atoms. The van der Waals surface area contributed by atoms with Gasteiger partial charge in [0.1, 0.15) is 0 Å². The lowest BCUT2D eigenvalue weighted by Crippen LogP contribution is -2.47. The summed E-state index contributed by atoms with van der Waals surface area (Å²) in [7, 11) is 0. The molecule has 1 fully saturated rings. The highest BCUT2D eigenvalue weighted by molar-refractivity contribution is 5.65. The fourth-order valence-electron chi connectivity index (χ4n) is 3.62. The molecule has 0 radical (unpaired) electrons. The van der Waals surface area contributed by atoms with Gasteiger partial charge in [0, 0.05) is 12.6 Å². The molecular weight excluding hydrogens is 302 g/mol. The Kier molecular flexibility index (Phi) is 5.16. The zero-order valence-corrected chi connectivity index (χ0v) is 13.6. The highest BCUT2D eigenvalue weighted by Crippen LogP contribution is 2.34. The molecule has 0 aromatic heterocycles. The van der Waals surface area contributed by atoms with Gasteiger partial charge in [-0.3, -0.25) is 0 Å². The van der Waals surface area contributed by atoms with Crippen molar-refractivity contribution in [3.63, 3.8) is 0 Å². The minimum Gasteiger partial charge on any atom is -0.465 e. The zero-order valence-electron chi connectivity index (χ0n) is 13.6. The summed E-state index contributed by atoms with van der Waals surface area (Å²) in [5.74, 6) is 0.0803. The summed E-state index contributed by atoms with van der Waals surface area (Å²) in [6.07, 6.45) is 0.639. The number of amides is 1. The molecule has 3 rings (SSSR count). The van der Waals surface area contributed by atoms with Crippen LogP contribution in [0.1, 0.15) is 30.1 Å². The van der Waals surface area contributed by atoms with Crippen LogP contribution in [-0.2, 0) is 6.42 Å². The normalized spacial score (nSPS) is 22.1. The summed E-state index contributed by atoms with van der Waals surface area (Å²) in [6, 6.07) is 19.5. The van der Waals surface area contributed by atoms with Gasteiger partial charge in [-0.05, 0) is 36.3 Å². The molecule has 24 heavy (non-hydrogen) atoms. The molecule has 1 amide bonds. The van der Waals surface area contributed by atoms with Crippen molar-refractivity contribution in [2.24, 2.45) is 5.92 Å². The third-order valence-corrected chi connectivity index (χ3v) is 4.90. The van der Waals surface area contributed by atoms with Gasteiger partial charge in [-0.2, -0.15) is 0 Å². The lowest BCUT2D eigenvalue weighted by molar-refractivity contribution is 0.0317. The largest absolute Gasteiger partial charge is 0.465 e. The van der Waals surface area contributed by atoms with E-state index < -0.39 is 12.2 Å². The summed E-state index contributed by atoms with van der Waals surface area (Å²) in [6.45, 7) is 0.474. The van der Waals surface area contributed by atoms with Gasteiger partial charge < -0.3 is 15.1 Å². The minimum atomic E-state index is -0.872. The maximum absolute atomic E-state index is 11.6. The van der Waals surface area contributed by atoms with Crippen LogP contribution in [0, 0.1) is 5.92 Å². The topological polar surface area (TPSA) is 60.8 Å². The third-order valence-electron chi connectivity index (χ3n) is 4.90. The Balaban J connectivity index is 1.75. The van der Waals surface area contributed by atoms with E-state index in [4.69, 9.17) is 0 Å². The Morgan fingerprint density at radius 1 is 1.08 bits per heavy atom. The highest BCUT2D eigenvalue weighted by Gasteiger charge is 2.35. The van der Waals surface area contributed by atoms with Gasteiger partial charge in [-0.1, -0.05) is 60.7 Å². The fourth-order valence-corrected chi connectivity index (χ4v) is 3.62. The van der Waals surface area contributed by atoms with Gasteiger partial charge in [0.15, 0.2) is 0 Å². The van der Waals surface area contributed by atoms with Crippen LogP contribution in [0.5, 0.6) is 0 Å². The second kappa shape index (κ2) is 7.49. The minimum absolute atomic E-state index is 0.0803. The summed E-state index contributed by atoms with van der Waals surface area (Å²) in [5, 5.41) is 20.2. The molecule has 0 saturated carbocycles. The fraction of sp³-hybridized carbons (Fsp3) is 0.350. The van der Waals surface area contributed by atoms with Crippen molar-refractivity contribution in [1.29, 1.82) is 0 Å². The van der Waals surface area contributed by atoms with Gasteiger partial charge in [0.05, 0.1) is 6.10 Å². The predicted octanol–water partition coefficient (Wildman–Crippen LogP) is 3.72. The lowest BCUT2D eigenvalue weighted by atomic mass is 9.82. The summed E-state index contributed by atoms with van der Waals surface area (Å²) < 4.78 is 0. The number of carboxylic acid groups (broad SMARTS) is 1. The molecule has 1 heterocycles. The van der Waals surface area contributed by atoms with Crippen LogP contribution in [0.3, 0.4) is 0 Å². The standard InChI is InChI=1S/C20H23NO3/c22-19(16-9-5-2-6-10-16)17-11-12-21(20(23)24)18(14-17)13-15-7-3-1-4-8-15/h1-10,17-19,22H,11-14H2,(H,23,24). The Labute approximate surface area is 142 Å². The number of piperidine rings is 1.